The van der Waals surface area contributed by atoms with Crippen molar-refractivity contribution in [1.82, 2.24) is 0 Å². The molecule has 1 aliphatic rings. The zero-order chi connectivity index (χ0) is 15.5. The second-order valence-electron chi connectivity index (χ2n) is 4.95. The van der Waals surface area contributed by atoms with Crippen molar-refractivity contribution in [2.75, 3.05) is 13.9 Å². The van der Waals surface area contributed by atoms with Gasteiger partial charge in [-0.25, -0.2) is 0 Å². The van der Waals surface area contributed by atoms with Crippen molar-refractivity contribution in [1.29, 1.82) is 0 Å². The molecule has 22 heavy (non-hydrogen) atoms. The van der Waals surface area contributed by atoms with E-state index in [4.69, 9.17) is 25.8 Å². The van der Waals surface area contributed by atoms with Gasteiger partial charge >= 0.3 is 5.97 Å². The second-order valence-corrected chi connectivity index (χ2v) is 5.38. The highest BCUT2D eigenvalue weighted by atomic mass is 35.5. The Morgan fingerprint density at radius 2 is 2.00 bits per heavy atom. The summed E-state index contributed by atoms with van der Waals surface area (Å²) in [4.78, 5) is 11.4. The van der Waals surface area contributed by atoms with Crippen molar-refractivity contribution in [2.45, 2.75) is 12.8 Å². The third-order valence-corrected chi connectivity index (χ3v) is 3.81. The Hall–Kier alpha value is -2.20. The number of methoxy groups -OCH3 is 1. The van der Waals surface area contributed by atoms with Crippen molar-refractivity contribution in [3.8, 4) is 22.6 Å². The summed E-state index contributed by atoms with van der Waals surface area (Å²) in [6.45, 7) is 0.245. The highest BCUT2D eigenvalue weighted by Gasteiger charge is 2.15. The first kappa shape index (κ1) is 14.7. The lowest BCUT2D eigenvalue weighted by atomic mass is 9.96. The van der Waals surface area contributed by atoms with Crippen molar-refractivity contribution < 1.29 is 19.0 Å². The predicted molar refractivity (Wildman–Crippen MR) is 83.3 cm³/mol. The number of esters is 1. The van der Waals surface area contributed by atoms with Gasteiger partial charge in [-0.15, -0.1) is 0 Å². The third kappa shape index (κ3) is 3.02. The van der Waals surface area contributed by atoms with E-state index in [1.54, 1.807) is 0 Å². The molecule has 2 aromatic carbocycles. The van der Waals surface area contributed by atoms with Crippen LogP contribution in [0.1, 0.15) is 12.0 Å². The minimum absolute atomic E-state index is 0.239. The Morgan fingerprint density at radius 3 is 2.82 bits per heavy atom. The molecule has 0 radical (unpaired) electrons. The average molecular weight is 319 g/mol. The summed E-state index contributed by atoms with van der Waals surface area (Å²) < 4.78 is 15.4. The molecule has 0 saturated carbocycles. The maximum absolute atomic E-state index is 11.4. The first-order valence-electron chi connectivity index (χ1n) is 6.92. The Kier molecular flexibility index (Phi) is 4.20. The van der Waals surface area contributed by atoms with Crippen LogP contribution in [0.2, 0.25) is 5.02 Å². The number of ether oxygens (including phenoxy) is 3. The van der Waals surface area contributed by atoms with Gasteiger partial charge in [0, 0.05) is 11.4 Å². The number of carbonyl (C=O) groups excluding carboxylic acids is 1. The summed E-state index contributed by atoms with van der Waals surface area (Å²) in [7, 11) is 1.39. The monoisotopic (exact) mass is 318 g/mol. The Labute approximate surface area is 133 Å². The first-order valence-corrected chi connectivity index (χ1v) is 7.30. The minimum Gasteiger partial charge on any atom is -0.469 e. The molecule has 0 unspecified atom stereocenters. The van der Waals surface area contributed by atoms with Crippen LogP contribution in [-0.4, -0.2) is 19.9 Å². The van der Waals surface area contributed by atoms with Gasteiger partial charge in [0.05, 0.1) is 7.11 Å². The van der Waals surface area contributed by atoms with Gasteiger partial charge in [0.15, 0.2) is 11.5 Å². The minimum atomic E-state index is -0.239. The van der Waals surface area contributed by atoms with Crippen LogP contribution in [0.4, 0.5) is 0 Å². The number of rotatable bonds is 4. The fourth-order valence-electron chi connectivity index (χ4n) is 2.45. The number of halogens is 1. The van der Waals surface area contributed by atoms with Gasteiger partial charge in [-0.2, -0.15) is 0 Å². The van der Waals surface area contributed by atoms with Gasteiger partial charge in [0.25, 0.3) is 0 Å². The lowest BCUT2D eigenvalue weighted by Gasteiger charge is -2.11. The van der Waals surface area contributed by atoms with E-state index in [0.717, 1.165) is 28.2 Å². The highest BCUT2D eigenvalue weighted by molar-refractivity contribution is 6.30. The van der Waals surface area contributed by atoms with Crippen molar-refractivity contribution >= 4 is 17.6 Å². The topological polar surface area (TPSA) is 44.8 Å². The van der Waals surface area contributed by atoms with Crippen LogP contribution in [0.15, 0.2) is 36.4 Å². The molecule has 4 nitrogen and oxygen atoms in total. The number of fused-ring (bicyclic) bond motifs is 1. The highest BCUT2D eigenvalue weighted by Crippen LogP contribution is 2.37. The molecule has 0 saturated heterocycles. The van der Waals surface area contributed by atoms with Crippen LogP contribution in [-0.2, 0) is 16.0 Å². The summed E-state index contributed by atoms with van der Waals surface area (Å²) >= 11 is 6.09. The van der Waals surface area contributed by atoms with Crippen LogP contribution in [0.25, 0.3) is 11.1 Å². The van der Waals surface area contributed by atoms with Crippen LogP contribution >= 0.6 is 11.6 Å². The number of benzene rings is 2. The van der Waals surface area contributed by atoms with E-state index in [9.17, 15) is 4.79 Å². The quantitative estimate of drug-likeness (QED) is 0.803. The summed E-state index contributed by atoms with van der Waals surface area (Å²) in [6, 6.07) is 11.5. The predicted octanol–water partition coefficient (Wildman–Crippen LogP) is 3.84. The Bertz CT molecular complexity index is 712. The molecule has 3 rings (SSSR count). The zero-order valence-electron chi connectivity index (χ0n) is 12.1. The smallest absolute Gasteiger partial charge is 0.305 e. The van der Waals surface area contributed by atoms with Gasteiger partial charge in [0.2, 0.25) is 6.79 Å². The normalized spacial score (nSPS) is 12.3. The molecule has 114 valence electrons. The summed E-state index contributed by atoms with van der Waals surface area (Å²) in [5.74, 6) is 1.23. The van der Waals surface area contributed by atoms with Gasteiger partial charge in [-0.3, -0.25) is 4.79 Å². The Morgan fingerprint density at radius 1 is 1.18 bits per heavy atom. The molecule has 0 N–H and O–H groups in total. The molecule has 2 aromatic rings. The molecule has 0 aromatic heterocycles. The van der Waals surface area contributed by atoms with Gasteiger partial charge in [-0.05, 0) is 47.4 Å². The lowest BCUT2D eigenvalue weighted by molar-refractivity contribution is -0.140. The van der Waals surface area contributed by atoms with E-state index in [2.05, 4.69) is 0 Å². The molecular weight excluding hydrogens is 304 g/mol. The standard InChI is InChI=1S/C17H15ClO4/c1-20-17(19)7-3-11-8-13(18)4-5-14(11)12-2-6-15-16(9-12)22-10-21-15/h2,4-6,8-9H,3,7,10H2,1H3. The SMILES string of the molecule is COC(=O)CCc1cc(Cl)ccc1-c1ccc2c(c1)OCO2. The average Bonchev–Trinajstić information content (AvgIpc) is 3.00. The van der Waals surface area contributed by atoms with Gasteiger partial charge < -0.3 is 14.2 Å². The molecular formula is C17H15ClO4. The molecule has 1 aliphatic heterocycles. The van der Waals surface area contributed by atoms with E-state index >= 15 is 0 Å². The largest absolute Gasteiger partial charge is 0.469 e. The molecule has 0 atom stereocenters. The number of carbonyl (C=O) groups is 1. The molecule has 1 heterocycles. The van der Waals surface area contributed by atoms with Crippen molar-refractivity contribution in [3.63, 3.8) is 0 Å². The second kappa shape index (κ2) is 6.28. The van der Waals surface area contributed by atoms with E-state index in [-0.39, 0.29) is 12.8 Å². The molecule has 0 aliphatic carbocycles. The van der Waals surface area contributed by atoms with E-state index < -0.39 is 0 Å². The first-order chi connectivity index (χ1) is 10.7. The summed E-state index contributed by atoms with van der Waals surface area (Å²) in [5, 5.41) is 0.643. The van der Waals surface area contributed by atoms with Crippen molar-refractivity contribution in [3.05, 3.63) is 47.0 Å². The summed E-state index contributed by atoms with van der Waals surface area (Å²) in [5.41, 5.74) is 3.02. The fraction of sp³-hybridized carbons (Fsp3) is 0.235. The lowest BCUT2D eigenvalue weighted by Crippen LogP contribution is -2.02. The van der Waals surface area contributed by atoms with Crippen LogP contribution in [0.3, 0.4) is 0 Å². The maximum Gasteiger partial charge on any atom is 0.305 e. The van der Waals surface area contributed by atoms with E-state index in [0.29, 0.717) is 17.9 Å². The third-order valence-electron chi connectivity index (χ3n) is 3.58. The van der Waals surface area contributed by atoms with Crippen LogP contribution < -0.4 is 9.47 Å². The van der Waals surface area contributed by atoms with E-state index in [1.807, 2.05) is 36.4 Å². The van der Waals surface area contributed by atoms with Crippen molar-refractivity contribution in [2.24, 2.45) is 0 Å². The van der Waals surface area contributed by atoms with Crippen LogP contribution in [0, 0.1) is 0 Å². The number of aryl methyl sites for hydroxylation is 1. The molecule has 0 amide bonds. The number of hydrogen-bond donors (Lipinski definition) is 0. The molecule has 0 fully saturated rings. The Balaban J connectivity index is 1.94. The maximum atomic E-state index is 11.4. The van der Waals surface area contributed by atoms with Gasteiger partial charge in [0.1, 0.15) is 0 Å². The van der Waals surface area contributed by atoms with Crippen LogP contribution in [0.5, 0.6) is 11.5 Å². The number of hydrogen-bond acceptors (Lipinski definition) is 4. The molecule has 0 spiro atoms. The van der Waals surface area contributed by atoms with E-state index in [1.165, 1.54) is 7.11 Å². The molecule has 5 heteroatoms. The fourth-order valence-corrected chi connectivity index (χ4v) is 2.65. The van der Waals surface area contributed by atoms with Gasteiger partial charge in [-0.1, -0.05) is 23.7 Å². The molecule has 0 bridgehead atoms. The zero-order valence-corrected chi connectivity index (χ0v) is 12.9. The summed E-state index contributed by atoms with van der Waals surface area (Å²) in [6.07, 6.45) is 0.880.